The molecule has 0 saturated carbocycles. The van der Waals surface area contributed by atoms with Gasteiger partial charge in [-0.1, -0.05) is 38.1 Å². The summed E-state index contributed by atoms with van der Waals surface area (Å²) in [6.07, 6.45) is 0. The van der Waals surface area contributed by atoms with Crippen LogP contribution in [0.3, 0.4) is 0 Å². The van der Waals surface area contributed by atoms with E-state index in [2.05, 4.69) is 38.1 Å². The van der Waals surface area contributed by atoms with Gasteiger partial charge in [0.25, 0.3) is 0 Å². The molecular weight excluding hydrogens is 264 g/mol. The second-order valence-electron chi connectivity index (χ2n) is 5.89. The van der Waals surface area contributed by atoms with Crippen molar-refractivity contribution in [3.05, 3.63) is 59.7 Å². The van der Waals surface area contributed by atoms with Gasteiger partial charge in [0, 0.05) is 5.56 Å². The molecule has 0 radical (unpaired) electrons. The smallest absolute Gasteiger partial charge is 0.170 e. The van der Waals surface area contributed by atoms with Crippen LogP contribution in [0, 0.1) is 0 Å². The Bertz CT molecular complexity index is 623. The number of nitrogens with two attached hydrogens (primary N) is 1. The van der Waals surface area contributed by atoms with Crippen LogP contribution in [0.2, 0.25) is 0 Å². The topological polar surface area (TPSA) is 67.8 Å². The molecule has 0 saturated heterocycles. The van der Waals surface area contributed by atoms with Crippen LogP contribution in [0.15, 0.2) is 53.7 Å². The predicted molar refractivity (Wildman–Crippen MR) is 84.2 cm³/mol. The fourth-order valence-corrected chi connectivity index (χ4v) is 1.91. The highest BCUT2D eigenvalue weighted by atomic mass is 16.5. The van der Waals surface area contributed by atoms with Crippen LogP contribution in [-0.2, 0) is 5.41 Å². The van der Waals surface area contributed by atoms with Gasteiger partial charge in [0.2, 0.25) is 0 Å². The second-order valence-corrected chi connectivity index (χ2v) is 5.89. The summed E-state index contributed by atoms with van der Waals surface area (Å²) >= 11 is 0. The molecule has 0 aromatic heterocycles. The van der Waals surface area contributed by atoms with Gasteiger partial charge in [-0.2, -0.15) is 0 Å². The lowest BCUT2D eigenvalue weighted by molar-refractivity contribution is 0.318. The van der Waals surface area contributed by atoms with Crippen LogP contribution in [0.5, 0.6) is 11.5 Å². The standard InChI is InChI=1S/C17H20N2O2/c1-17(2,3)13-6-10-15(11-7-13)21-14-8-4-12(5-9-14)16(18)19-20/h4-11,20H,1-3H3,(H2,18,19). The molecule has 0 aliphatic heterocycles. The molecule has 21 heavy (non-hydrogen) atoms. The Kier molecular flexibility index (Phi) is 4.17. The van der Waals surface area contributed by atoms with Gasteiger partial charge in [-0.3, -0.25) is 0 Å². The fourth-order valence-electron chi connectivity index (χ4n) is 1.91. The molecular formula is C17H20N2O2. The lowest BCUT2D eigenvalue weighted by Crippen LogP contribution is -2.12. The highest BCUT2D eigenvalue weighted by Gasteiger charge is 2.13. The van der Waals surface area contributed by atoms with Gasteiger partial charge in [0.1, 0.15) is 11.5 Å². The minimum Gasteiger partial charge on any atom is -0.457 e. The number of rotatable bonds is 3. The number of nitrogens with zero attached hydrogens (tertiary/aromatic N) is 1. The SMILES string of the molecule is CC(C)(C)c1ccc(Oc2ccc(/C(N)=N/O)cc2)cc1. The van der Waals surface area contributed by atoms with Crippen LogP contribution < -0.4 is 10.5 Å². The Morgan fingerprint density at radius 1 is 0.952 bits per heavy atom. The van der Waals surface area contributed by atoms with E-state index in [1.54, 1.807) is 24.3 Å². The van der Waals surface area contributed by atoms with Crippen LogP contribution in [0.4, 0.5) is 0 Å². The van der Waals surface area contributed by atoms with Crippen molar-refractivity contribution in [1.82, 2.24) is 0 Å². The third kappa shape index (κ3) is 3.75. The maximum atomic E-state index is 8.62. The Balaban J connectivity index is 2.11. The molecule has 0 spiro atoms. The molecule has 0 heterocycles. The number of ether oxygens (including phenoxy) is 1. The van der Waals surface area contributed by atoms with Crippen LogP contribution in [0.1, 0.15) is 31.9 Å². The van der Waals surface area contributed by atoms with Crippen molar-refractivity contribution in [2.75, 3.05) is 0 Å². The zero-order chi connectivity index (χ0) is 15.5. The maximum Gasteiger partial charge on any atom is 0.170 e. The van der Waals surface area contributed by atoms with Crippen molar-refractivity contribution >= 4 is 5.84 Å². The summed E-state index contributed by atoms with van der Waals surface area (Å²) in [6.45, 7) is 6.53. The van der Waals surface area contributed by atoms with Gasteiger partial charge < -0.3 is 15.7 Å². The average molecular weight is 284 g/mol. The Morgan fingerprint density at radius 3 is 1.86 bits per heavy atom. The van der Waals surface area contributed by atoms with Gasteiger partial charge in [0.05, 0.1) is 0 Å². The maximum absolute atomic E-state index is 8.62. The summed E-state index contributed by atoms with van der Waals surface area (Å²) in [6, 6.07) is 15.1. The van der Waals surface area contributed by atoms with E-state index in [1.807, 2.05) is 12.1 Å². The first-order valence-electron chi connectivity index (χ1n) is 6.76. The molecule has 0 unspecified atom stereocenters. The third-order valence-electron chi connectivity index (χ3n) is 3.21. The molecule has 3 N–H and O–H groups in total. The first-order valence-corrected chi connectivity index (χ1v) is 6.76. The summed E-state index contributed by atoms with van der Waals surface area (Å²) in [4.78, 5) is 0. The summed E-state index contributed by atoms with van der Waals surface area (Å²) in [7, 11) is 0. The zero-order valence-corrected chi connectivity index (χ0v) is 12.5. The quantitative estimate of drug-likeness (QED) is 0.389. The lowest BCUT2D eigenvalue weighted by atomic mass is 9.87. The molecule has 4 nitrogen and oxygen atoms in total. The molecule has 4 heteroatoms. The fraction of sp³-hybridized carbons (Fsp3) is 0.235. The van der Waals surface area contributed by atoms with Gasteiger partial charge in [0.15, 0.2) is 5.84 Å². The Labute approximate surface area is 124 Å². The molecule has 0 amide bonds. The number of hydrogen-bond donors (Lipinski definition) is 2. The van der Waals surface area contributed by atoms with Crippen molar-refractivity contribution in [3.63, 3.8) is 0 Å². The monoisotopic (exact) mass is 284 g/mol. The van der Waals surface area contributed by atoms with E-state index < -0.39 is 0 Å². The molecule has 0 aliphatic rings. The van der Waals surface area contributed by atoms with Crippen molar-refractivity contribution in [2.24, 2.45) is 10.9 Å². The summed E-state index contributed by atoms with van der Waals surface area (Å²) in [5, 5.41) is 11.6. The van der Waals surface area contributed by atoms with Gasteiger partial charge in [-0.25, -0.2) is 0 Å². The van der Waals surface area contributed by atoms with Crippen LogP contribution >= 0.6 is 0 Å². The number of hydrogen-bond acceptors (Lipinski definition) is 3. The van der Waals surface area contributed by atoms with Gasteiger partial charge in [-0.15, -0.1) is 0 Å². The van der Waals surface area contributed by atoms with Crippen LogP contribution in [0.25, 0.3) is 0 Å². The number of amidine groups is 1. The molecule has 0 atom stereocenters. The minimum absolute atomic E-state index is 0.0797. The molecule has 0 fully saturated rings. The lowest BCUT2D eigenvalue weighted by Gasteiger charge is -2.19. The van der Waals surface area contributed by atoms with E-state index in [9.17, 15) is 0 Å². The number of benzene rings is 2. The Hall–Kier alpha value is -2.49. The van der Waals surface area contributed by atoms with Crippen molar-refractivity contribution < 1.29 is 9.94 Å². The minimum atomic E-state index is 0.0797. The predicted octanol–water partition coefficient (Wildman–Crippen LogP) is 3.87. The zero-order valence-electron chi connectivity index (χ0n) is 12.5. The number of oxime groups is 1. The van der Waals surface area contributed by atoms with Crippen molar-refractivity contribution in [1.29, 1.82) is 0 Å². The van der Waals surface area contributed by atoms with Crippen LogP contribution in [-0.4, -0.2) is 11.0 Å². The molecule has 110 valence electrons. The van der Waals surface area contributed by atoms with Gasteiger partial charge in [-0.05, 0) is 47.4 Å². The molecule has 0 aliphatic carbocycles. The highest BCUT2D eigenvalue weighted by molar-refractivity contribution is 5.97. The molecule has 2 rings (SSSR count). The molecule has 2 aromatic carbocycles. The first kappa shape index (κ1) is 14.9. The van der Waals surface area contributed by atoms with E-state index in [0.29, 0.717) is 11.3 Å². The first-order chi connectivity index (χ1) is 9.90. The van der Waals surface area contributed by atoms with E-state index in [0.717, 1.165) is 5.75 Å². The largest absolute Gasteiger partial charge is 0.457 e. The summed E-state index contributed by atoms with van der Waals surface area (Å²) in [5.41, 5.74) is 7.55. The highest BCUT2D eigenvalue weighted by Crippen LogP contribution is 2.27. The molecule has 2 aromatic rings. The average Bonchev–Trinajstić information content (AvgIpc) is 2.47. The summed E-state index contributed by atoms with van der Waals surface area (Å²) in [5.74, 6) is 1.56. The van der Waals surface area contributed by atoms with Crippen molar-refractivity contribution in [2.45, 2.75) is 26.2 Å². The van der Waals surface area contributed by atoms with E-state index in [-0.39, 0.29) is 11.3 Å². The molecule has 0 bridgehead atoms. The summed E-state index contributed by atoms with van der Waals surface area (Å²) < 4.78 is 5.77. The van der Waals surface area contributed by atoms with Gasteiger partial charge >= 0.3 is 0 Å². The Morgan fingerprint density at radius 2 is 1.43 bits per heavy atom. The third-order valence-corrected chi connectivity index (χ3v) is 3.21. The van der Waals surface area contributed by atoms with Crippen molar-refractivity contribution in [3.8, 4) is 11.5 Å². The van der Waals surface area contributed by atoms with E-state index in [4.69, 9.17) is 15.7 Å². The second kappa shape index (κ2) is 5.87. The van der Waals surface area contributed by atoms with E-state index >= 15 is 0 Å². The van der Waals surface area contributed by atoms with E-state index in [1.165, 1.54) is 5.56 Å². The normalized spacial score (nSPS) is 12.2.